The van der Waals surface area contributed by atoms with Crippen LogP contribution in [0.5, 0.6) is 0 Å². The predicted molar refractivity (Wildman–Crippen MR) is 80.1 cm³/mol. The van der Waals surface area contributed by atoms with Crippen molar-refractivity contribution in [3.05, 3.63) is 28.2 Å². The van der Waals surface area contributed by atoms with Gasteiger partial charge >= 0.3 is 0 Å². The van der Waals surface area contributed by atoms with Crippen LogP contribution < -0.4 is 0 Å². The van der Waals surface area contributed by atoms with E-state index in [-0.39, 0.29) is 5.82 Å². The summed E-state index contributed by atoms with van der Waals surface area (Å²) in [5.41, 5.74) is 1.56. The predicted octanol–water partition coefficient (Wildman–Crippen LogP) is 3.63. The monoisotopic (exact) mass is 347 g/mol. The van der Waals surface area contributed by atoms with Crippen molar-refractivity contribution in [3.63, 3.8) is 0 Å². The van der Waals surface area contributed by atoms with E-state index < -0.39 is 0 Å². The maximum Gasteiger partial charge on any atom is 0.139 e. The van der Waals surface area contributed by atoms with Crippen molar-refractivity contribution in [2.45, 2.75) is 19.3 Å². The Balaban J connectivity index is 2.42. The lowest BCUT2D eigenvalue weighted by Gasteiger charge is -2.15. The van der Waals surface area contributed by atoms with E-state index >= 15 is 0 Å². The Morgan fingerprint density at radius 3 is 2.84 bits per heavy atom. The number of alkyl halides is 1. The van der Waals surface area contributed by atoms with Crippen LogP contribution in [0.3, 0.4) is 0 Å². The van der Waals surface area contributed by atoms with Crippen molar-refractivity contribution in [3.8, 4) is 0 Å². The maximum absolute atomic E-state index is 13.7. The van der Waals surface area contributed by atoms with E-state index in [9.17, 15) is 4.39 Å². The second-order valence-electron chi connectivity index (χ2n) is 4.46. The molecule has 0 aliphatic rings. The molecule has 1 heterocycles. The lowest BCUT2D eigenvalue weighted by Crippen LogP contribution is -2.23. The lowest BCUT2D eigenvalue weighted by molar-refractivity contribution is 0.335. The molecule has 2 aromatic rings. The normalized spacial score (nSPS) is 11.7. The van der Waals surface area contributed by atoms with Crippen LogP contribution in [0.2, 0.25) is 0 Å². The summed E-state index contributed by atoms with van der Waals surface area (Å²) >= 11 is 9.11. The molecule has 104 valence electrons. The highest BCUT2D eigenvalue weighted by Gasteiger charge is 2.13. The number of aromatic nitrogens is 2. The number of hydrogen-bond acceptors (Lipinski definition) is 2. The van der Waals surface area contributed by atoms with E-state index in [4.69, 9.17) is 11.6 Å². The largest absolute Gasteiger partial charge is 0.326 e. The molecule has 0 saturated heterocycles. The fourth-order valence-electron chi connectivity index (χ4n) is 1.95. The van der Waals surface area contributed by atoms with Gasteiger partial charge in [0.05, 0.1) is 21.4 Å². The Kier molecular flexibility index (Phi) is 4.81. The lowest BCUT2D eigenvalue weighted by atomic mass is 10.3. The van der Waals surface area contributed by atoms with Crippen LogP contribution in [0.15, 0.2) is 16.6 Å². The summed E-state index contributed by atoms with van der Waals surface area (Å²) in [7, 11) is 2.05. The van der Waals surface area contributed by atoms with E-state index in [1.807, 2.05) is 4.57 Å². The summed E-state index contributed by atoms with van der Waals surface area (Å²) in [6, 6.07) is 3.20. The van der Waals surface area contributed by atoms with Crippen molar-refractivity contribution in [2.75, 3.05) is 20.1 Å². The number of halogens is 3. The minimum absolute atomic E-state index is 0.279. The second-order valence-corrected chi connectivity index (χ2v) is 5.59. The summed E-state index contributed by atoms with van der Waals surface area (Å²) in [4.78, 5) is 6.65. The minimum Gasteiger partial charge on any atom is -0.326 e. The van der Waals surface area contributed by atoms with E-state index in [1.54, 1.807) is 6.07 Å². The van der Waals surface area contributed by atoms with Crippen LogP contribution in [0.1, 0.15) is 12.7 Å². The van der Waals surface area contributed by atoms with E-state index in [0.717, 1.165) is 36.5 Å². The first-order chi connectivity index (χ1) is 9.06. The van der Waals surface area contributed by atoms with E-state index in [0.29, 0.717) is 10.4 Å². The standard InChI is InChI=1S/C13H16BrClFN3/c1-3-18(2)4-5-19-12-7-10(16)9(14)6-11(12)17-13(19)8-15/h6-7H,3-5,8H2,1-2H3. The molecule has 0 radical (unpaired) electrons. The molecular weight excluding hydrogens is 333 g/mol. The number of fused-ring (bicyclic) bond motifs is 1. The molecule has 0 fully saturated rings. The van der Waals surface area contributed by atoms with E-state index in [1.165, 1.54) is 6.07 Å². The quantitative estimate of drug-likeness (QED) is 0.769. The van der Waals surface area contributed by atoms with Gasteiger partial charge in [-0.15, -0.1) is 11.6 Å². The first kappa shape index (κ1) is 14.8. The third-order valence-electron chi connectivity index (χ3n) is 3.23. The van der Waals surface area contributed by atoms with Crippen LogP contribution in [0, 0.1) is 5.82 Å². The highest BCUT2D eigenvalue weighted by molar-refractivity contribution is 9.10. The number of rotatable bonds is 5. The number of likely N-dealkylation sites (N-methyl/N-ethyl adjacent to an activating group) is 1. The fourth-order valence-corrected chi connectivity index (χ4v) is 2.49. The van der Waals surface area contributed by atoms with Crippen molar-refractivity contribution < 1.29 is 4.39 Å². The van der Waals surface area contributed by atoms with Crippen molar-refractivity contribution in [1.82, 2.24) is 14.5 Å². The third-order valence-corrected chi connectivity index (χ3v) is 4.08. The number of imidazole rings is 1. The van der Waals surface area contributed by atoms with Gasteiger partial charge < -0.3 is 9.47 Å². The summed E-state index contributed by atoms with van der Waals surface area (Å²) in [5.74, 6) is 0.821. The fraction of sp³-hybridized carbons (Fsp3) is 0.462. The highest BCUT2D eigenvalue weighted by Crippen LogP contribution is 2.24. The zero-order valence-corrected chi connectivity index (χ0v) is 13.3. The number of hydrogen-bond donors (Lipinski definition) is 0. The smallest absolute Gasteiger partial charge is 0.139 e. The topological polar surface area (TPSA) is 21.1 Å². The molecule has 0 amide bonds. The minimum atomic E-state index is -0.279. The average Bonchev–Trinajstić information content (AvgIpc) is 2.73. The molecule has 19 heavy (non-hydrogen) atoms. The van der Waals surface area contributed by atoms with E-state index in [2.05, 4.69) is 39.8 Å². The van der Waals surface area contributed by atoms with Gasteiger partial charge in [0.15, 0.2) is 0 Å². The molecule has 0 saturated carbocycles. The van der Waals surface area contributed by atoms with Crippen LogP contribution >= 0.6 is 27.5 Å². The van der Waals surface area contributed by atoms with Crippen molar-refractivity contribution in [1.29, 1.82) is 0 Å². The molecule has 0 atom stereocenters. The second kappa shape index (κ2) is 6.20. The molecule has 3 nitrogen and oxygen atoms in total. The van der Waals surface area contributed by atoms with Gasteiger partial charge in [-0.3, -0.25) is 0 Å². The van der Waals surface area contributed by atoms with Crippen LogP contribution in [0.4, 0.5) is 4.39 Å². The van der Waals surface area contributed by atoms with Gasteiger partial charge in [-0.1, -0.05) is 6.92 Å². The summed E-state index contributed by atoms with van der Waals surface area (Å²) < 4.78 is 16.1. The Hall–Kier alpha value is -0.650. The SMILES string of the molecule is CCN(C)CCn1c(CCl)nc2cc(Br)c(F)cc21. The molecule has 0 aliphatic carbocycles. The molecule has 2 rings (SSSR count). The molecule has 0 bridgehead atoms. The Labute approximate surface area is 125 Å². The van der Waals surface area contributed by atoms with Crippen LogP contribution in [0.25, 0.3) is 11.0 Å². The Bertz CT molecular complexity index is 585. The summed E-state index contributed by atoms with van der Waals surface area (Å²) in [6.45, 7) is 4.71. The number of benzene rings is 1. The van der Waals surface area contributed by atoms with Gasteiger partial charge in [-0.05, 0) is 35.6 Å². The Morgan fingerprint density at radius 2 is 2.21 bits per heavy atom. The van der Waals surface area contributed by atoms with Crippen LogP contribution in [-0.2, 0) is 12.4 Å². The molecule has 1 aromatic heterocycles. The van der Waals surface area contributed by atoms with Gasteiger partial charge in [0.25, 0.3) is 0 Å². The zero-order chi connectivity index (χ0) is 14.0. The number of nitrogens with zero attached hydrogens (tertiary/aromatic N) is 3. The van der Waals surface area contributed by atoms with Crippen molar-refractivity contribution >= 4 is 38.6 Å². The van der Waals surface area contributed by atoms with Gasteiger partial charge in [0, 0.05) is 19.2 Å². The van der Waals surface area contributed by atoms with Gasteiger partial charge in [-0.25, -0.2) is 9.37 Å². The average molecular weight is 349 g/mol. The molecule has 0 N–H and O–H groups in total. The molecular formula is C13H16BrClFN3. The van der Waals surface area contributed by atoms with Crippen LogP contribution in [-0.4, -0.2) is 34.6 Å². The summed E-state index contributed by atoms with van der Waals surface area (Å²) in [6.07, 6.45) is 0. The molecule has 0 aliphatic heterocycles. The molecule has 6 heteroatoms. The highest BCUT2D eigenvalue weighted by atomic mass is 79.9. The molecule has 0 spiro atoms. The third kappa shape index (κ3) is 3.09. The molecule has 1 aromatic carbocycles. The summed E-state index contributed by atoms with van der Waals surface area (Å²) in [5, 5.41) is 0. The first-order valence-electron chi connectivity index (χ1n) is 6.15. The molecule has 0 unspecified atom stereocenters. The van der Waals surface area contributed by atoms with Gasteiger partial charge in [0.2, 0.25) is 0 Å². The maximum atomic E-state index is 13.7. The Morgan fingerprint density at radius 1 is 1.47 bits per heavy atom. The first-order valence-corrected chi connectivity index (χ1v) is 7.48. The van der Waals surface area contributed by atoms with Crippen molar-refractivity contribution in [2.24, 2.45) is 0 Å². The van der Waals surface area contributed by atoms with Gasteiger partial charge in [-0.2, -0.15) is 0 Å². The van der Waals surface area contributed by atoms with Gasteiger partial charge in [0.1, 0.15) is 11.6 Å². The zero-order valence-electron chi connectivity index (χ0n) is 11.0.